The third-order valence-electron chi connectivity index (χ3n) is 4.32. The number of ether oxygens (including phenoxy) is 1. The molecule has 8 heteroatoms. The van der Waals surface area contributed by atoms with Gasteiger partial charge in [0, 0.05) is 30.5 Å². The number of hydrogen-bond acceptors (Lipinski definition) is 7. The zero-order valence-electron chi connectivity index (χ0n) is 13.9. The lowest BCUT2D eigenvalue weighted by Crippen LogP contribution is -2.47. The van der Waals surface area contributed by atoms with Gasteiger partial charge in [0.2, 0.25) is 0 Å². The molecule has 0 spiro atoms. The van der Waals surface area contributed by atoms with Gasteiger partial charge in [0.1, 0.15) is 6.04 Å². The first kappa shape index (κ1) is 15.6. The number of hydrogen-bond donors (Lipinski definition) is 0. The average Bonchev–Trinajstić information content (AvgIpc) is 3.06. The number of fused-ring (bicyclic) bond motifs is 1. The van der Waals surface area contributed by atoms with Crippen LogP contribution in [0.2, 0.25) is 0 Å². The molecular weight excluding hydrogens is 322 g/mol. The summed E-state index contributed by atoms with van der Waals surface area (Å²) in [6, 6.07) is 3.07. The van der Waals surface area contributed by atoms with Crippen molar-refractivity contribution in [3.8, 4) is 0 Å². The maximum atomic E-state index is 13.3. The fourth-order valence-electron chi connectivity index (χ4n) is 3.15. The van der Waals surface area contributed by atoms with E-state index >= 15 is 0 Å². The molecule has 0 saturated carbocycles. The first-order chi connectivity index (χ1) is 12.1. The van der Waals surface area contributed by atoms with Crippen LogP contribution in [0.15, 0.2) is 35.2 Å². The van der Waals surface area contributed by atoms with E-state index in [1.807, 2.05) is 6.92 Å². The number of amides is 1. The van der Waals surface area contributed by atoms with Crippen LogP contribution in [-0.4, -0.2) is 50.2 Å². The van der Waals surface area contributed by atoms with Crippen molar-refractivity contribution < 1.29 is 14.1 Å². The molecule has 0 bridgehead atoms. The van der Waals surface area contributed by atoms with E-state index in [1.165, 1.54) is 0 Å². The van der Waals surface area contributed by atoms with Gasteiger partial charge in [-0.1, -0.05) is 5.16 Å². The molecule has 25 heavy (non-hydrogen) atoms. The Morgan fingerprint density at radius 1 is 1.32 bits per heavy atom. The predicted molar refractivity (Wildman–Crippen MR) is 87.8 cm³/mol. The van der Waals surface area contributed by atoms with Gasteiger partial charge in [0.05, 0.1) is 23.8 Å². The number of rotatable bonds is 2. The van der Waals surface area contributed by atoms with Crippen LogP contribution in [0.5, 0.6) is 0 Å². The third kappa shape index (κ3) is 2.74. The Morgan fingerprint density at radius 2 is 2.20 bits per heavy atom. The highest BCUT2D eigenvalue weighted by atomic mass is 16.5. The van der Waals surface area contributed by atoms with Gasteiger partial charge in [-0.15, -0.1) is 0 Å². The van der Waals surface area contributed by atoms with Crippen molar-refractivity contribution in [1.82, 2.24) is 25.0 Å². The Labute approximate surface area is 143 Å². The standard InChI is InChI=1S/C17H17N5O3/c1-10-15(16-20-11(2)21-25-16)22(7-8-24-10)17(23)12-3-6-19-14-4-5-18-9-13(12)14/h3-6,9-10,15H,7-8H2,1-2H3/t10-,15+/m1/s1. The summed E-state index contributed by atoms with van der Waals surface area (Å²) in [5, 5.41) is 4.56. The normalized spacial score (nSPS) is 20.8. The molecule has 1 saturated heterocycles. The van der Waals surface area contributed by atoms with E-state index in [2.05, 4.69) is 20.1 Å². The SMILES string of the molecule is Cc1noc([C@@H]2[C@@H](C)OCCN2C(=O)c2ccnc3ccncc23)n1. The van der Waals surface area contributed by atoms with Crippen LogP contribution in [0.25, 0.3) is 10.9 Å². The van der Waals surface area contributed by atoms with Crippen LogP contribution >= 0.6 is 0 Å². The zero-order valence-corrected chi connectivity index (χ0v) is 13.9. The van der Waals surface area contributed by atoms with Crippen LogP contribution < -0.4 is 0 Å². The summed E-state index contributed by atoms with van der Waals surface area (Å²) < 4.78 is 11.0. The largest absolute Gasteiger partial charge is 0.374 e. The minimum absolute atomic E-state index is 0.128. The quantitative estimate of drug-likeness (QED) is 0.704. The molecule has 3 aromatic rings. The van der Waals surface area contributed by atoms with Crippen molar-refractivity contribution >= 4 is 16.8 Å². The summed E-state index contributed by atoms with van der Waals surface area (Å²) in [4.78, 5) is 27.7. The molecule has 0 N–H and O–H groups in total. The van der Waals surface area contributed by atoms with E-state index in [0.717, 1.165) is 10.9 Å². The fraction of sp³-hybridized carbons (Fsp3) is 0.353. The molecule has 1 amide bonds. The maximum absolute atomic E-state index is 13.3. The van der Waals surface area contributed by atoms with Crippen LogP contribution in [0.4, 0.5) is 0 Å². The molecule has 0 aromatic carbocycles. The van der Waals surface area contributed by atoms with Gasteiger partial charge in [0.25, 0.3) is 11.8 Å². The van der Waals surface area contributed by atoms with E-state index in [0.29, 0.717) is 30.4 Å². The van der Waals surface area contributed by atoms with E-state index in [4.69, 9.17) is 9.26 Å². The van der Waals surface area contributed by atoms with Gasteiger partial charge in [0.15, 0.2) is 5.82 Å². The molecule has 0 aliphatic carbocycles. The van der Waals surface area contributed by atoms with E-state index in [1.54, 1.807) is 42.5 Å². The van der Waals surface area contributed by atoms with Crippen molar-refractivity contribution in [2.75, 3.05) is 13.2 Å². The Balaban J connectivity index is 1.76. The highest BCUT2D eigenvalue weighted by Crippen LogP contribution is 2.30. The number of pyridine rings is 2. The van der Waals surface area contributed by atoms with Gasteiger partial charge in [-0.05, 0) is 26.0 Å². The minimum Gasteiger partial charge on any atom is -0.374 e. The topological polar surface area (TPSA) is 94.2 Å². The third-order valence-corrected chi connectivity index (χ3v) is 4.32. The molecule has 0 radical (unpaired) electrons. The number of aromatic nitrogens is 4. The van der Waals surface area contributed by atoms with Gasteiger partial charge in [-0.3, -0.25) is 14.8 Å². The molecule has 2 atom stereocenters. The lowest BCUT2D eigenvalue weighted by Gasteiger charge is -2.37. The Kier molecular flexibility index (Phi) is 3.89. The van der Waals surface area contributed by atoms with Gasteiger partial charge >= 0.3 is 0 Å². The lowest BCUT2D eigenvalue weighted by atomic mass is 10.0. The van der Waals surface area contributed by atoms with Crippen molar-refractivity contribution in [3.05, 3.63) is 48.0 Å². The summed E-state index contributed by atoms with van der Waals surface area (Å²) in [6.45, 7) is 4.54. The first-order valence-electron chi connectivity index (χ1n) is 8.06. The molecule has 3 aromatic heterocycles. The lowest BCUT2D eigenvalue weighted by molar-refractivity contribution is -0.0599. The number of carbonyl (C=O) groups is 1. The van der Waals surface area contributed by atoms with Crippen LogP contribution in [0.3, 0.4) is 0 Å². The molecule has 8 nitrogen and oxygen atoms in total. The summed E-state index contributed by atoms with van der Waals surface area (Å²) >= 11 is 0. The molecule has 1 aliphatic rings. The van der Waals surface area contributed by atoms with Gasteiger partial charge in [-0.2, -0.15) is 4.98 Å². The summed E-state index contributed by atoms with van der Waals surface area (Å²) in [5.41, 5.74) is 1.28. The Bertz CT molecular complexity index is 920. The van der Waals surface area contributed by atoms with Crippen molar-refractivity contribution in [2.24, 2.45) is 0 Å². The molecule has 4 rings (SSSR count). The van der Waals surface area contributed by atoms with Crippen LogP contribution in [0, 0.1) is 6.92 Å². The van der Waals surface area contributed by atoms with Crippen LogP contribution in [0.1, 0.15) is 35.0 Å². The molecule has 1 aliphatic heterocycles. The number of morpholine rings is 1. The van der Waals surface area contributed by atoms with E-state index in [-0.39, 0.29) is 12.0 Å². The molecular formula is C17H17N5O3. The molecule has 4 heterocycles. The second kappa shape index (κ2) is 6.21. The maximum Gasteiger partial charge on any atom is 0.255 e. The highest BCUT2D eigenvalue weighted by Gasteiger charge is 2.38. The Hall–Kier alpha value is -2.87. The molecule has 0 unspecified atom stereocenters. The highest BCUT2D eigenvalue weighted by molar-refractivity contribution is 6.05. The zero-order chi connectivity index (χ0) is 17.4. The van der Waals surface area contributed by atoms with Crippen molar-refractivity contribution in [1.29, 1.82) is 0 Å². The van der Waals surface area contributed by atoms with Crippen LogP contribution in [-0.2, 0) is 4.74 Å². The first-order valence-corrected chi connectivity index (χ1v) is 8.06. The number of nitrogens with zero attached hydrogens (tertiary/aromatic N) is 5. The van der Waals surface area contributed by atoms with Gasteiger partial charge < -0.3 is 14.2 Å². The molecule has 1 fully saturated rings. The summed E-state index contributed by atoms with van der Waals surface area (Å²) in [6.07, 6.45) is 4.70. The number of aryl methyl sites for hydroxylation is 1. The summed E-state index contributed by atoms with van der Waals surface area (Å²) in [7, 11) is 0. The van der Waals surface area contributed by atoms with E-state index < -0.39 is 6.04 Å². The van der Waals surface area contributed by atoms with Gasteiger partial charge in [-0.25, -0.2) is 0 Å². The number of carbonyl (C=O) groups excluding carboxylic acids is 1. The second-order valence-corrected chi connectivity index (χ2v) is 5.95. The monoisotopic (exact) mass is 339 g/mol. The summed E-state index contributed by atoms with van der Waals surface area (Å²) in [5.74, 6) is 0.782. The van der Waals surface area contributed by atoms with Crippen molar-refractivity contribution in [3.63, 3.8) is 0 Å². The smallest absolute Gasteiger partial charge is 0.255 e. The predicted octanol–water partition coefficient (Wildman–Crippen LogP) is 1.92. The Morgan fingerprint density at radius 3 is 3.00 bits per heavy atom. The molecule has 128 valence electrons. The van der Waals surface area contributed by atoms with Crippen molar-refractivity contribution in [2.45, 2.75) is 26.0 Å². The second-order valence-electron chi connectivity index (χ2n) is 5.95. The fourth-order valence-corrected chi connectivity index (χ4v) is 3.15. The minimum atomic E-state index is -0.428. The van der Waals surface area contributed by atoms with E-state index in [9.17, 15) is 4.79 Å². The average molecular weight is 339 g/mol.